The number of nitrogens with zero attached hydrogens (tertiary/aromatic N) is 4. The molecule has 1 saturated heterocycles. The molecule has 3 rings (SSSR count). The summed E-state index contributed by atoms with van der Waals surface area (Å²) >= 11 is 1.68. The normalized spacial score (nSPS) is 16.7. The average molecular weight is 374 g/mol. The highest BCUT2D eigenvalue weighted by atomic mass is 32.1. The number of nitrogens with two attached hydrogens (primary N) is 1. The van der Waals surface area contributed by atoms with Gasteiger partial charge in [-0.25, -0.2) is 4.98 Å². The second kappa shape index (κ2) is 9.54. The Kier molecular flexibility index (Phi) is 6.85. The largest absolute Gasteiger partial charge is 0.374 e. The molecular weight excluding hydrogens is 346 g/mol. The summed E-state index contributed by atoms with van der Waals surface area (Å²) in [5.41, 5.74) is 7.35. The van der Waals surface area contributed by atoms with Gasteiger partial charge in [-0.2, -0.15) is 0 Å². The van der Waals surface area contributed by atoms with E-state index in [1.807, 2.05) is 29.8 Å². The molecule has 140 valence electrons. The Hall–Kier alpha value is -2.12. The summed E-state index contributed by atoms with van der Waals surface area (Å²) < 4.78 is 5.87. The smallest absolute Gasteiger partial charge is 0.191 e. The predicted octanol–water partition coefficient (Wildman–Crippen LogP) is 2.75. The SMILES string of the molecule is CC(OCCCN=C(N)N1CCN(c2nccs2)CC1)c1ccccc1. The second-order valence-electron chi connectivity index (χ2n) is 6.31. The number of hydrogen-bond donors (Lipinski definition) is 1. The zero-order valence-corrected chi connectivity index (χ0v) is 16.1. The Morgan fingerprint density at radius 3 is 2.73 bits per heavy atom. The molecule has 0 saturated carbocycles. The number of anilines is 1. The maximum atomic E-state index is 6.15. The first-order valence-corrected chi connectivity index (χ1v) is 9.98. The van der Waals surface area contributed by atoms with Gasteiger partial charge in [0, 0.05) is 50.9 Å². The van der Waals surface area contributed by atoms with Crippen molar-refractivity contribution in [3.63, 3.8) is 0 Å². The van der Waals surface area contributed by atoms with Crippen molar-refractivity contribution in [3.8, 4) is 0 Å². The summed E-state index contributed by atoms with van der Waals surface area (Å²) in [5, 5.41) is 3.10. The molecule has 1 aliphatic rings. The monoisotopic (exact) mass is 373 g/mol. The van der Waals surface area contributed by atoms with Gasteiger partial charge in [-0.3, -0.25) is 4.99 Å². The van der Waals surface area contributed by atoms with Crippen LogP contribution in [0.2, 0.25) is 0 Å². The van der Waals surface area contributed by atoms with Crippen LogP contribution in [-0.2, 0) is 4.74 Å². The molecule has 1 aliphatic heterocycles. The Balaban J connectivity index is 1.34. The molecule has 2 N–H and O–H groups in total. The van der Waals surface area contributed by atoms with E-state index in [0.717, 1.165) is 37.7 Å². The molecule has 0 spiro atoms. The predicted molar refractivity (Wildman–Crippen MR) is 108 cm³/mol. The highest BCUT2D eigenvalue weighted by Gasteiger charge is 2.19. The van der Waals surface area contributed by atoms with Gasteiger partial charge in [0.1, 0.15) is 0 Å². The van der Waals surface area contributed by atoms with Gasteiger partial charge in [-0.05, 0) is 18.9 Å². The van der Waals surface area contributed by atoms with Crippen molar-refractivity contribution in [3.05, 3.63) is 47.5 Å². The molecule has 2 aromatic rings. The van der Waals surface area contributed by atoms with Crippen LogP contribution in [0.25, 0.3) is 0 Å². The lowest BCUT2D eigenvalue weighted by molar-refractivity contribution is 0.0651. The highest BCUT2D eigenvalue weighted by Crippen LogP contribution is 2.19. The minimum absolute atomic E-state index is 0.108. The number of piperazine rings is 1. The topological polar surface area (TPSA) is 67.0 Å². The van der Waals surface area contributed by atoms with Gasteiger partial charge in [0.25, 0.3) is 0 Å². The number of rotatable bonds is 7. The van der Waals surface area contributed by atoms with Crippen LogP contribution >= 0.6 is 11.3 Å². The van der Waals surface area contributed by atoms with Gasteiger partial charge in [0.05, 0.1) is 6.10 Å². The molecule has 0 amide bonds. The Morgan fingerprint density at radius 1 is 1.27 bits per heavy atom. The number of aromatic nitrogens is 1. The lowest BCUT2D eigenvalue weighted by atomic mass is 10.1. The molecule has 0 radical (unpaired) electrons. The van der Waals surface area contributed by atoms with Gasteiger partial charge in [0.2, 0.25) is 0 Å². The first kappa shape index (κ1) is 18.7. The summed E-state index contributed by atoms with van der Waals surface area (Å²) in [6, 6.07) is 10.3. The molecule has 1 unspecified atom stereocenters. The standard InChI is InChI=1S/C19H27N5OS/c1-16(17-6-3-2-4-7-17)25-14-5-8-21-18(20)23-10-12-24(13-11-23)19-22-9-15-26-19/h2-4,6-7,9,15-16H,5,8,10-14H2,1H3,(H2,20,21). The number of benzene rings is 1. The Labute approximate surface area is 159 Å². The van der Waals surface area contributed by atoms with E-state index in [2.05, 4.69) is 38.8 Å². The van der Waals surface area contributed by atoms with Crippen molar-refractivity contribution in [2.24, 2.45) is 10.7 Å². The van der Waals surface area contributed by atoms with E-state index in [1.165, 1.54) is 5.56 Å². The van der Waals surface area contributed by atoms with Gasteiger partial charge in [-0.15, -0.1) is 11.3 Å². The van der Waals surface area contributed by atoms with Crippen LogP contribution in [0.3, 0.4) is 0 Å². The second-order valence-corrected chi connectivity index (χ2v) is 7.18. The lowest BCUT2D eigenvalue weighted by Gasteiger charge is -2.35. The average Bonchev–Trinajstić information content (AvgIpc) is 3.23. The fourth-order valence-electron chi connectivity index (χ4n) is 2.94. The Morgan fingerprint density at radius 2 is 2.04 bits per heavy atom. The van der Waals surface area contributed by atoms with E-state index < -0.39 is 0 Å². The fourth-order valence-corrected chi connectivity index (χ4v) is 3.63. The minimum Gasteiger partial charge on any atom is -0.374 e. The van der Waals surface area contributed by atoms with E-state index in [9.17, 15) is 0 Å². The van der Waals surface area contributed by atoms with Crippen molar-refractivity contribution in [1.29, 1.82) is 0 Å². The molecule has 2 heterocycles. The lowest BCUT2D eigenvalue weighted by Crippen LogP contribution is -2.51. The van der Waals surface area contributed by atoms with Crippen LogP contribution in [-0.4, -0.2) is 55.2 Å². The minimum atomic E-state index is 0.108. The third-order valence-corrected chi connectivity index (χ3v) is 5.34. The molecule has 0 bridgehead atoms. The molecule has 7 heteroatoms. The number of hydrogen-bond acceptors (Lipinski definition) is 5. The van der Waals surface area contributed by atoms with Gasteiger partial charge in [-0.1, -0.05) is 30.3 Å². The van der Waals surface area contributed by atoms with Gasteiger partial charge < -0.3 is 20.3 Å². The summed E-state index contributed by atoms with van der Waals surface area (Å²) in [6.45, 7) is 7.09. The van der Waals surface area contributed by atoms with Crippen LogP contribution < -0.4 is 10.6 Å². The number of ether oxygens (including phenoxy) is 1. The Bertz CT molecular complexity index is 669. The maximum absolute atomic E-state index is 6.15. The van der Waals surface area contributed by atoms with E-state index in [1.54, 1.807) is 11.3 Å². The maximum Gasteiger partial charge on any atom is 0.191 e. The fraction of sp³-hybridized carbons (Fsp3) is 0.474. The third kappa shape index (κ3) is 5.19. The van der Waals surface area contributed by atoms with Crippen LogP contribution in [0.1, 0.15) is 25.0 Å². The van der Waals surface area contributed by atoms with Crippen LogP contribution in [0, 0.1) is 0 Å². The van der Waals surface area contributed by atoms with E-state index in [-0.39, 0.29) is 6.10 Å². The molecule has 1 aromatic carbocycles. The molecule has 0 aliphatic carbocycles. The van der Waals surface area contributed by atoms with Crippen molar-refractivity contribution in [2.45, 2.75) is 19.4 Å². The van der Waals surface area contributed by atoms with E-state index >= 15 is 0 Å². The molecule has 1 aromatic heterocycles. The molecule has 1 atom stereocenters. The molecule has 1 fully saturated rings. The highest BCUT2D eigenvalue weighted by molar-refractivity contribution is 7.13. The summed E-state index contributed by atoms with van der Waals surface area (Å²) in [7, 11) is 0. The quantitative estimate of drug-likeness (QED) is 0.459. The van der Waals surface area contributed by atoms with Crippen LogP contribution in [0.15, 0.2) is 46.9 Å². The molecule has 6 nitrogen and oxygen atoms in total. The van der Waals surface area contributed by atoms with Gasteiger partial charge in [0.15, 0.2) is 11.1 Å². The van der Waals surface area contributed by atoms with Crippen molar-refractivity contribution in [2.75, 3.05) is 44.2 Å². The summed E-state index contributed by atoms with van der Waals surface area (Å²) in [4.78, 5) is 13.3. The van der Waals surface area contributed by atoms with E-state index in [4.69, 9.17) is 10.5 Å². The number of aliphatic imine (C=N–C) groups is 1. The van der Waals surface area contributed by atoms with Crippen LogP contribution in [0.4, 0.5) is 5.13 Å². The third-order valence-electron chi connectivity index (χ3n) is 4.51. The zero-order chi connectivity index (χ0) is 18.2. The van der Waals surface area contributed by atoms with Gasteiger partial charge >= 0.3 is 0 Å². The van der Waals surface area contributed by atoms with Crippen molar-refractivity contribution < 1.29 is 4.74 Å². The van der Waals surface area contributed by atoms with Crippen molar-refractivity contribution >= 4 is 22.4 Å². The first-order valence-electron chi connectivity index (χ1n) is 9.10. The summed E-state index contributed by atoms with van der Waals surface area (Å²) in [5.74, 6) is 0.639. The van der Waals surface area contributed by atoms with Crippen molar-refractivity contribution in [1.82, 2.24) is 9.88 Å². The first-order chi connectivity index (χ1) is 12.7. The van der Waals surface area contributed by atoms with Crippen LogP contribution in [0.5, 0.6) is 0 Å². The summed E-state index contributed by atoms with van der Waals surface area (Å²) in [6.07, 6.45) is 2.83. The molecular formula is C19H27N5OS. The number of thiazole rings is 1. The zero-order valence-electron chi connectivity index (χ0n) is 15.3. The van der Waals surface area contributed by atoms with E-state index in [0.29, 0.717) is 19.1 Å². The molecule has 26 heavy (non-hydrogen) atoms. The number of guanidine groups is 1.